The van der Waals surface area contributed by atoms with Gasteiger partial charge in [-0.2, -0.15) is 0 Å². The summed E-state index contributed by atoms with van der Waals surface area (Å²) in [5.74, 6) is -0.337. The highest BCUT2D eigenvalue weighted by molar-refractivity contribution is 9.09. The van der Waals surface area contributed by atoms with E-state index in [-0.39, 0.29) is 11.4 Å². The number of nitrogens with zero attached hydrogens (tertiary/aromatic N) is 1. The van der Waals surface area contributed by atoms with Crippen molar-refractivity contribution in [2.45, 2.75) is 13.0 Å². The van der Waals surface area contributed by atoms with E-state index in [4.69, 9.17) is 9.47 Å². The second-order valence-corrected chi connectivity index (χ2v) is 5.82. The summed E-state index contributed by atoms with van der Waals surface area (Å²) in [6.07, 6.45) is 0. The minimum absolute atomic E-state index is 0.100. The van der Waals surface area contributed by atoms with Gasteiger partial charge in [0.1, 0.15) is 0 Å². The van der Waals surface area contributed by atoms with Crippen LogP contribution in [0, 0.1) is 0 Å². The molecule has 1 aromatic rings. The molecule has 0 saturated carbocycles. The monoisotopic (exact) mass is 383 g/mol. The number of ketones is 1. The average molecular weight is 384 g/mol. The SMILES string of the molecule is COc1ccc([C@@H]2C(C(C)=O)=C(O)C(=O)N2CCBr)cc1OC. The third-order valence-electron chi connectivity index (χ3n) is 3.73. The molecule has 1 aliphatic heterocycles. The molecule has 1 atom stereocenters. The molecule has 0 fully saturated rings. The number of benzene rings is 1. The number of carbonyl (C=O) groups excluding carboxylic acids is 2. The summed E-state index contributed by atoms with van der Waals surface area (Å²) in [7, 11) is 3.04. The maximum atomic E-state index is 12.3. The molecule has 2 rings (SSSR count). The summed E-state index contributed by atoms with van der Waals surface area (Å²) < 4.78 is 10.5. The first-order valence-electron chi connectivity index (χ1n) is 6.99. The number of aliphatic hydroxyl groups is 1. The van der Waals surface area contributed by atoms with Crippen LogP contribution in [0.25, 0.3) is 0 Å². The van der Waals surface area contributed by atoms with Crippen LogP contribution in [0.4, 0.5) is 0 Å². The average Bonchev–Trinajstić information content (AvgIpc) is 2.79. The van der Waals surface area contributed by atoms with E-state index in [1.54, 1.807) is 18.2 Å². The molecule has 0 unspecified atom stereocenters. The van der Waals surface area contributed by atoms with Crippen molar-refractivity contribution in [3.05, 3.63) is 35.1 Å². The van der Waals surface area contributed by atoms with Crippen molar-refractivity contribution in [1.29, 1.82) is 0 Å². The highest BCUT2D eigenvalue weighted by Gasteiger charge is 2.42. The van der Waals surface area contributed by atoms with Gasteiger partial charge in [-0.1, -0.05) is 22.0 Å². The Morgan fingerprint density at radius 3 is 2.48 bits per heavy atom. The Balaban J connectivity index is 2.56. The van der Waals surface area contributed by atoms with E-state index >= 15 is 0 Å². The molecule has 0 spiro atoms. The Hall–Kier alpha value is -2.02. The lowest BCUT2D eigenvalue weighted by Gasteiger charge is -2.26. The molecule has 23 heavy (non-hydrogen) atoms. The van der Waals surface area contributed by atoms with Crippen molar-refractivity contribution in [3.8, 4) is 11.5 Å². The standard InChI is InChI=1S/C16H18BrNO5/c1-9(19)13-14(18(7-6-17)16(21)15(13)20)10-4-5-11(22-2)12(8-10)23-3/h4-5,8,14,20H,6-7H2,1-3H3/t14-/m1/s1. The molecule has 0 aromatic heterocycles. The summed E-state index contributed by atoms with van der Waals surface area (Å²) in [6, 6.07) is 4.53. The van der Waals surface area contributed by atoms with E-state index in [1.807, 2.05) is 0 Å². The first-order valence-corrected chi connectivity index (χ1v) is 8.11. The number of halogens is 1. The van der Waals surface area contributed by atoms with Crippen LogP contribution in [0.3, 0.4) is 0 Å². The lowest BCUT2D eigenvalue weighted by atomic mass is 9.96. The third-order valence-corrected chi connectivity index (χ3v) is 4.09. The number of carbonyl (C=O) groups is 2. The van der Waals surface area contributed by atoms with E-state index in [0.29, 0.717) is 28.9 Å². The van der Waals surface area contributed by atoms with Crippen LogP contribution in [0.15, 0.2) is 29.5 Å². The quantitative estimate of drug-likeness (QED) is 0.763. The number of methoxy groups -OCH3 is 2. The van der Waals surface area contributed by atoms with Crippen LogP contribution in [0.5, 0.6) is 11.5 Å². The zero-order chi connectivity index (χ0) is 17.1. The summed E-state index contributed by atoms with van der Waals surface area (Å²) in [4.78, 5) is 25.7. The van der Waals surface area contributed by atoms with Crippen molar-refractivity contribution in [2.24, 2.45) is 0 Å². The fourth-order valence-corrected chi connectivity index (χ4v) is 3.09. The first-order chi connectivity index (χ1) is 11.0. The second kappa shape index (κ2) is 7.04. The molecule has 0 aliphatic carbocycles. The third kappa shape index (κ3) is 3.06. The topological polar surface area (TPSA) is 76.1 Å². The van der Waals surface area contributed by atoms with Crippen LogP contribution in [-0.2, 0) is 9.59 Å². The van der Waals surface area contributed by atoms with Crippen molar-refractivity contribution in [2.75, 3.05) is 26.1 Å². The molecule has 7 heteroatoms. The predicted molar refractivity (Wildman–Crippen MR) is 88.1 cm³/mol. The van der Waals surface area contributed by atoms with Gasteiger partial charge in [-0.05, 0) is 24.6 Å². The van der Waals surface area contributed by atoms with Crippen molar-refractivity contribution < 1.29 is 24.2 Å². The Morgan fingerprint density at radius 1 is 1.30 bits per heavy atom. The van der Waals surface area contributed by atoms with Crippen molar-refractivity contribution >= 4 is 27.6 Å². The molecular formula is C16H18BrNO5. The van der Waals surface area contributed by atoms with Crippen molar-refractivity contribution in [1.82, 2.24) is 4.90 Å². The maximum Gasteiger partial charge on any atom is 0.290 e. The first kappa shape index (κ1) is 17.3. The fourth-order valence-electron chi connectivity index (χ4n) is 2.70. The van der Waals surface area contributed by atoms with Gasteiger partial charge >= 0.3 is 0 Å². The van der Waals surface area contributed by atoms with E-state index in [1.165, 1.54) is 26.0 Å². The number of alkyl halides is 1. The van der Waals surface area contributed by atoms with Gasteiger partial charge in [0.15, 0.2) is 23.0 Å². The normalized spacial score (nSPS) is 17.7. The van der Waals surface area contributed by atoms with Crippen LogP contribution in [-0.4, -0.2) is 47.8 Å². The molecule has 1 amide bonds. The van der Waals surface area contributed by atoms with E-state index in [9.17, 15) is 14.7 Å². The van der Waals surface area contributed by atoms with Gasteiger partial charge in [0.05, 0.1) is 25.8 Å². The largest absolute Gasteiger partial charge is 0.503 e. The van der Waals surface area contributed by atoms with Crippen LogP contribution < -0.4 is 9.47 Å². The van der Waals surface area contributed by atoms with Crippen LogP contribution >= 0.6 is 15.9 Å². The van der Waals surface area contributed by atoms with Crippen LogP contribution in [0.1, 0.15) is 18.5 Å². The minimum atomic E-state index is -0.641. The highest BCUT2D eigenvalue weighted by atomic mass is 79.9. The lowest BCUT2D eigenvalue weighted by molar-refractivity contribution is -0.129. The molecule has 124 valence electrons. The molecule has 0 saturated heterocycles. The molecule has 1 heterocycles. The number of amides is 1. The maximum absolute atomic E-state index is 12.3. The molecule has 1 N–H and O–H groups in total. The van der Waals surface area contributed by atoms with Crippen LogP contribution in [0.2, 0.25) is 0 Å². The minimum Gasteiger partial charge on any atom is -0.503 e. The summed E-state index contributed by atoms with van der Waals surface area (Å²) >= 11 is 3.29. The zero-order valence-corrected chi connectivity index (χ0v) is 14.7. The Kier molecular flexibility index (Phi) is 5.30. The number of rotatable bonds is 6. The summed E-state index contributed by atoms with van der Waals surface area (Å²) in [5.41, 5.74) is 0.773. The van der Waals surface area contributed by atoms with E-state index in [0.717, 1.165) is 0 Å². The van der Waals surface area contributed by atoms with Gasteiger partial charge in [0.2, 0.25) is 0 Å². The summed E-state index contributed by atoms with van der Waals surface area (Å²) in [5, 5.41) is 10.6. The van der Waals surface area contributed by atoms with E-state index in [2.05, 4.69) is 15.9 Å². The molecule has 6 nitrogen and oxygen atoms in total. The van der Waals surface area contributed by atoms with E-state index < -0.39 is 17.7 Å². The van der Waals surface area contributed by atoms with Gasteiger partial charge in [0.25, 0.3) is 5.91 Å². The Labute approximate surface area is 142 Å². The zero-order valence-electron chi connectivity index (χ0n) is 13.1. The number of hydrogen-bond donors (Lipinski definition) is 1. The number of Topliss-reactive ketones (excluding diaryl/α,β-unsaturated/α-hetero) is 1. The summed E-state index contributed by atoms with van der Waals surface area (Å²) in [6.45, 7) is 1.70. The molecule has 1 aliphatic rings. The Bertz CT molecular complexity index is 670. The lowest BCUT2D eigenvalue weighted by Crippen LogP contribution is -2.32. The van der Waals surface area contributed by atoms with Crippen molar-refractivity contribution in [3.63, 3.8) is 0 Å². The van der Waals surface area contributed by atoms with Gasteiger partial charge in [-0.15, -0.1) is 0 Å². The second-order valence-electron chi connectivity index (χ2n) is 5.02. The molecule has 0 bridgehead atoms. The fraction of sp³-hybridized carbons (Fsp3) is 0.375. The van der Waals surface area contributed by atoms with Gasteiger partial charge in [-0.25, -0.2) is 0 Å². The van der Waals surface area contributed by atoms with Gasteiger partial charge in [0, 0.05) is 11.9 Å². The highest BCUT2D eigenvalue weighted by Crippen LogP contribution is 2.40. The molecule has 1 aromatic carbocycles. The smallest absolute Gasteiger partial charge is 0.290 e. The van der Waals surface area contributed by atoms with Gasteiger partial charge in [-0.3, -0.25) is 9.59 Å². The molecular weight excluding hydrogens is 366 g/mol. The Morgan fingerprint density at radius 2 is 1.96 bits per heavy atom. The van der Waals surface area contributed by atoms with Gasteiger partial charge < -0.3 is 19.5 Å². The molecule has 0 radical (unpaired) electrons. The number of ether oxygens (including phenoxy) is 2. The predicted octanol–water partition coefficient (Wildman–Crippen LogP) is 2.38. The number of aliphatic hydroxyl groups excluding tert-OH is 1. The number of hydrogen-bond acceptors (Lipinski definition) is 5.